The summed E-state index contributed by atoms with van der Waals surface area (Å²) in [5.41, 5.74) is 3.65. The van der Waals surface area contributed by atoms with E-state index in [0.717, 1.165) is 18.4 Å². The molecule has 5 rings (SSSR count). The van der Waals surface area contributed by atoms with Crippen molar-refractivity contribution in [3.05, 3.63) is 107 Å². The maximum atomic E-state index is 14.4. The molecular formula is C32H28FN3O4. The highest BCUT2D eigenvalue weighted by Gasteiger charge is 2.22. The molecule has 4 aromatic carbocycles. The highest BCUT2D eigenvalue weighted by atomic mass is 19.1. The first-order chi connectivity index (χ1) is 19.4. The predicted octanol–water partition coefficient (Wildman–Crippen LogP) is 7.01. The van der Waals surface area contributed by atoms with Crippen molar-refractivity contribution in [2.45, 2.75) is 25.8 Å². The van der Waals surface area contributed by atoms with Gasteiger partial charge in [0.15, 0.2) is 0 Å². The van der Waals surface area contributed by atoms with Crippen molar-refractivity contribution >= 4 is 22.9 Å². The molecule has 7 nitrogen and oxygen atoms in total. The number of hydrogen-bond acceptors (Lipinski definition) is 4. The summed E-state index contributed by atoms with van der Waals surface area (Å²) in [4.78, 5) is 33.4. The minimum Gasteiger partial charge on any atom is -0.497 e. The lowest BCUT2D eigenvalue weighted by atomic mass is 9.93. The number of amides is 1. The summed E-state index contributed by atoms with van der Waals surface area (Å²) in [5.74, 6) is -1.06. The van der Waals surface area contributed by atoms with Crippen LogP contribution in [0.5, 0.6) is 5.75 Å². The zero-order valence-corrected chi connectivity index (χ0v) is 22.1. The zero-order valence-electron chi connectivity index (χ0n) is 22.1. The quantitative estimate of drug-likeness (QED) is 0.188. The van der Waals surface area contributed by atoms with Crippen LogP contribution in [0.15, 0.2) is 84.9 Å². The van der Waals surface area contributed by atoms with Crippen molar-refractivity contribution in [2.24, 2.45) is 0 Å². The Bertz CT molecular complexity index is 1700. The van der Waals surface area contributed by atoms with E-state index >= 15 is 0 Å². The predicted molar refractivity (Wildman–Crippen MR) is 152 cm³/mol. The number of hydrogen-bond donors (Lipinski definition) is 3. The maximum Gasteiger partial charge on any atom is 0.336 e. The second kappa shape index (κ2) is 11.4. The first-order valence-electron chi connectivity index (χ1n) is 12.9. The van der Waals surface area contributed by atoms with E-state index in [-0.39, 0.29) is 23.1 Å². The van der Waals surface area contributed by atoms with Gasteiger partial charge in [-0.2, -0.15) is 0 Å². The summed E-state index contributed by atoms with van der Waals surface area (Å²) in [6.45, 7) is 2.04. The lowest BCUT2D eigenvalue weighted by molar-refractivity contribution is 0.0697. The first-order valence-corrected chi connectivity index (χ1v) is 12.9. The molecule has 0 saturated carbocycles. The van der Waals surface area contributed by atoms with Crippen LogP contribution in [0.25, 0.3) is 33.5 Å². The Hall–Kier alpha value is -4.98. The van der Waals surface area contributed by atoms with Crippen LogP contribution >= 0.6 is 0 Å². The molecule has 0 bridgehead atoms. The lowest BCUT2D eigenvalue weighted by Crippen LogP contribution is -2.28. The number of halogens is 1. The van der Waals surface area contributed by atoms with Crippen molar-refractivity contribution in [3.8, 4) is 28.3 Å². The van der Waals surface area contributed by atoms with Crippen LogP contribution < -0.4 is 10.1 Å². The standard InChI is InChI=1S/C32H28FN3O4/c1-3-7-27(19-8-5-4-6-9-19)36-31(37)20-10-13-24(26(16-20)32(38)39)23-14-11-21(33)17-25(23)30-34-28-15-12-22(40-2)18-29(28)35-30/h4-6,8-18,27H,3,7H2,1-2H3,(H,34,35)(H,36,37)(H,38,39). The number of imidazole rings is 1. The van der Waals surface area contributed by atoms with Crippen molar-refractivity contribution in [2.75, 3.05) is 7.11 Å². The molecular weight excluding hydrogens is 509 g/mol. The molecule has 0 fully saturated rings. The molecule has 0 radical (unpaired) electrons. The van der Waals surface area contributed by atoms with Crippen LogP contribution in [0.3, 0.4) is 0 Å². The molecule has 3 N–H and O–H groups in total. The molecule has 0 spiro atoms. The highest BCUT2D eigenvalue weighted by molar-refractivity contribution is 6.03. The molecule has 202 valence electrons. The zero-order chi connectivity index (χ0) is 28.2. The summed E-state index contributed by atoms with van der Waals surface area (Å²) >= 11 is 0. The van der Waals surface area contributed by atoms with Gasteiger partial charge in [0.1, 0.15) is 17.4 Å². The minimum absolute atomic E-state index is 0.0787. The van der Waals surface area contributed by atoms with Gasteiger partial charge in [-0.1, -0.05) is 55.8 Å². The Morgan fingerprint density at radius 3 is 2.48 bits per heavy atom. The number of nitrogens with one attached hydrogen (secondary N) is 2. The van der Waals surface area contributed by atoms with Crippen molar-refractivity contribution < 1.29 is 23.8 Å². The number of H-pyrrole nitrogens is 1. The topological polar surface area (TPSA) is 104 Å². The van der Waals surface area contributed by atoms with E-state index in [1.807, 2.05) is 37.3 Å². The second-order valence-corrected chi connectivity index (χ2v) is 9.45. The van der Waals surface area contributed by atoms with E-state index in [1.54, 1.807) is 37.4 Å². The minimum atomic E-state index is -1.21. The lowest BCUT2D eigenvalue weighted by Gasteiger charge is -2.19. The summed E-state index contributed by atoms with van der Waals surface area (Å²) in [5, 5.41) is 13.2. The summed E-state index contributed by atoms with van der Waals surface area (Å²) in [6.07, 6.45) is 1.60. The first kappa shape index (κ1) is 26.6. The molecule has 1 aromatic heterocycles. The average molecular weight is 538 g/mol. The molecule has 1 amide bonds. The smallest absolute Gasteiger partial charge is 0.336 e. The monoisotopic (exact) mass is 537 g/mol. The van der Waals surface area contributed by atoms with Crippen molar-refractivity contribution in [3.63, 3.8) is 0 Å². The molecule has 0 aliphatic heterocycles. The van der Waals surface area contributed by atoms with Crippen LogP contribution in [-0.2, 0) is 0 Å². The SMILES string of the molecule is CCCC(NC(=O)c1ccc(-c2ccc(F)cc2-c2nc3ccc(OC)cc3[nH]2)c(C(=O)O)c1)c1ccccc1. The van der Waals surface area contributed by atoms with Gasteiger partial charge in [-0.15, -0.1) is 0 Å². The molecule has 1 heterocycles. The van der Waals surface area contributed by atoms with Gasteiger partial charge in [0.2, 0.25) is 0 Å². The number of carbonyl (C=O) groups is 2. The summed E-state index contributed by atoms with van der Waals surface area (Å²) in [7, 11) is 1.56. The fraction of sp³-hybridized carbons (Fsp3) is 0.156. The van der Waals surface area contributed by atoms with Crippen molar-refractivity contribution in [1.82, 2.24) is 15.3 Å². The molecule has 1 atom stereocenters. The molecule has 0 aliphatic carbocycles. The van der Waals surface area contributed by atoms with E-state index < -0.39 is 11.8 Å². The number of rotatable bonds is 9. The number of ether oxygens (including phenoxy) is 1. The third kappa shape index (κ3) is 5.42. The van der Waals surface area contributed by atoms with Gasteiger partial charge in [-0.3, -0.25) is 4.79 Å². The van der Waals surface area contributed by atoms with E-state index in [2.05, 4.69) is 15.3 Å². The van der Waals surface area contributed by atoms with E-state index in [0.29, 0.717) is 39.3 Å². The Balaban J connectivity index is 1.54. The number of carboxylic acid groups (broad SMARTS) is 1. The fourth-order valence-corrected chi connectivity index (χ4v) is 4.83. The van der Waals surface area contributed by atoms with Gasteiger partial charge >= 0.3 is 5.97 Å². The number of aromatic nitrogens is 2. The second-order valence-electron chi connectivity index (χ2n) is 9.45. The number of benzene rings is 4. The molecule has 40 heavy (non-hydrogen) atoms. The number of carbonyl (C=O) groups excluding carboxylic acids is 1. The van der Waals surface area contributed by atoms with E-state index in [9.17, 15) is 19.1 Å². The number of fused-ring (bicyclic) bond motifs is 1. The van der Waals surface area contributed by atoms with Crippen LogP contribution in [-0.4, -0.2) is 34.1 Å². The van der Waals surface area contributed by atoms with Crippen LogP contribution in [0.2, 0.25) is 0 Å². The fourth-order valence-electron chi connectivity index (χ4n) is 4.83. The molecule has 1 unspecified atom stereocenters. The summed E-state index contributed by atoms with van der Waals surface area (Å²) in [6, 6.07) is 23.4. The van der Waals surface area contributed by atoms with Crippen molar-refractivity contribution in [1.29, 1.82) is 0 Å². The van der Waals surface area contributed by atoms with Crippen LogP contribution in [0, 0.1) is 5.82 Å². The Morgan fingerprint density at radius 2 is 1.75 bits per heavy atom. The molecule has 8 heteroatoms. The molecule has 0 saturated heterocycles. The maximum absolute atomic E-state index is 14.4. The van der Waals surface area contributed by atoms with Gasteiger partial charge < -0.3 is 20.1 Å². The normalized spacial score (nSPS) is 11.8. The highest BCUT2D eigenvalue weighted by Crippen LogP contribution is 2.35. The van der Waals surface area contributed by atoms with Gasteiger partial charge in [-0.05, 0) is 59.5 Å². The van der Waals surface area contributed by atoms with Crippen LogP contribution in [0.4, 0.5) is 4.39 Å². The Labute approximate surface area is 230 Å². The number of aromatic carboxylic acids is 1. The number of methoxy groups -OCH3 is 1. The Kier molecular flexibility index (Phi) is 7.59. The van der Waals surface area contributed by atoms with Gasteiger partial charge in [-0.25, -0.2) is 14.2 Å². The van der Waals surface area contributed by atoms with Gasteiger partial charge in [0.05, 0.1) is 29.7 Å². The van der Waals surface area contributed by atoms with E-state index in [4.69, 9.17) is 4.74 Å². The number of aromatic amines is 1. The van der Waals surface area contributed by atoms with Gasteiger partial charge in [0.25, 0.3) is 5.91 Å². The molecule has 0 aliphatic rings. The van der Waals surface area contributed by atoms with Gasteiger partial charge in [0, 0.05) is 17.2 Å². The Morgan fingerprint density at radius 1 is 0.975 bits per heavy atom. The van der Waals surface area contributed by atoms with E-state index in [1.165, 1.54) is 24.3 Å². The third-order valence-corrected chi connectivity index (χ3v) is 6.81. The number of carboxylic acids is 1. The summed E-state index contributed by atoms with van der Waals surface area (Å²) < 4.78 is 19.7. The molecule has 5 aromatic rings. The van der Waals surface area contributed by atoms with Crippen LogP contribution in [0.1, 0.15) is 52.1 Å². The number of nitrogens with zero attached hydrogens (tertiary/aromatic N) is 1. The average Bonchev–Trinajstić information content (AvgIpc) is 3.40. The largest absolute Gasteiger partial charge is 0.497 e. The third-order valence-electron chi connectivity index (χ3n) is 6.81.